The van der Waals surface area contributed by atoms with Crippen LogP contribution >= 0.6 is 0 Å². The third kappa shape index (κ3) is 3.20. The summed E-state index contributed by atoms with van der Waals surface area (Å²) < 4.78 is 13.0. The van der Waals surface area contributed by atoms with Gasteiger partial charge in [0.15, 0.2) is 0 Å². The number of carbonyl (C=O) groups is 1. The lowest BCUT2D eigenvalue weighted by Crippen LogP contribution is -2.35. The van der Waals surface area contributed by atoms with Crippen molar-refractivity contribution in [3.05, 3.63) is 29.6 Å². The second-order valence-electron chi connectivity index (χ2n) is 4.15. The summed E-state index contributed by atoms with van der Waals surface area (Å²) in [5.41, 5.74) is 0.441. The molecule has 18 heavy (non-hydrogen) atoms. The van der Waals surface area contributed by atoms with Gasteiger partial charge in [0.1, 0.15) is 17.9 Å². The van der Waals surface area contributed by atoms with Gasteiger partial charge < -0.3 is 10.4 Å². The first kappa shape index (κ1) is 14.0. The molecule has 96 valence electrons. The van der Waals surface area contributed by atoms with E-state index in [0.717, 1.165) is 6.07 Å². The smallest absolute Gasteiger partial charge is 0.326 e. The first-order chi connectivity index (χ1) is 8.49. The highest BCUT2D eigenvalue weighted by atomic mass is 19.1. The summed E-state index contributed by atoms with van der Waals surface area (Å²) in [6.45, 7) is 3.69. The predicted octanol–water partition coefficient (Wildman–Crippen LogP) is 2.61. The maximum atomic E-state index is 13.0. The van der Waals surface area contributed by atoms with Crippen molar-refractivity contribution >= 4 is 11.7 Å². The molecule has 0 unspecified atom stereocenters. The number of rotatable bonds is 5. The number of carboxylic acids is 1. The van der Waals surface area contributed by atoms with Crippen molar-refractivity contribution in [1.29, 1.82) is 5.26 Å². The van der Waals surface area contributed by atoms with E-state index in [0.29, 0.717) is 12.1 Å². The lowest BCUT2D eigenvalue weighted by atomic mass is 9.98. The van der Waals surface area contributed by atoms with Crippen molar-refractivity contribution in [1.82, 2.24) is 0 Å². The number of aliphatic carboxylic acids is 1. The maximum absolute atomic E-state index is 13.0. The highest BCUT2D eigenvalue weighted by molar-refractivity contribution is 5.78. The minimum Gasteiger partial charge on any atom is -0.480 e. The molecule has 0 fully saturated rings. The van der Waals surface area contributed by atoms with Crippen LogP contribution in [0.1, 0.15) is 25.8 Å². The number of nitrogens with one attached hydrogen (secondary N) is 1. The van der Waals surface area contributed by atoms with Gasteiger partial charge in [0.2, 0.25) is 0 Å². The van der Waals surface area contributed by atoms with E-state index in [1.807, 2.05) is 13.0 Å². The van der Waals surface area contributed by atoms with Crippen molar-refractivity contribution in [2.45, 2.75) is 26.3 Å². The van der Waals surface area contributed by atoms with Gasteiger partial charge in [0.05, 0.1) is 11.3 Å². The van der Waals surface area contributed by atoms with Crippen molar-refractivity contribution in [3.63, 3.8) is 0 Å². The second-order valence-corrected chi connectivity index (χ2v) is 4.15. The van der Waals surface area contributed by atoms with Crippen LogP contribution in [-0.4, -0.2) is 17.1 Å². The first-order valence-electron chi connectivity index (χ1n) is 5.68. The predicted molar refractivity (Wildman–Crippen MR) is 65.6 cm³/mol. The Kier molecular flexibility index (Phi) is 4.67. The maximum Gasteiger partial charge on any atom is 0.326 e. The Morgan fingerprint density at radius 3 is 2.78 bits per heavy atom. The third-order valence-corrected chi connectivity index (χ3v) is 2.89. The second kappa shape index (κ2) is 6.01. The van der Waals surface area contributed by atoms with E-state index in [1.54, 1.807) is 6.92 Å². The number of benzene rings is 1. The van der Waals surface area contributed by atoms with Crippen LogP contribution in [0.4, 0.5) is 10.1 Å². The zero-order chi connectivity index (χ0) is 13.7. The summed E-state index contributed by atoms with van der Waals surface area (Å²) in [4.78, 5) is 11.2. The van der Waals surface area contributed by atoms with Gasteiger partial charge in [0.25, 0.3) is 0 Å². The van der Waals surface area contributed by atoms with Crippen molar-refractivity contribution in [3.8, 4) is 6.07 Å². The lowest BCUT2D eigenvalue weighted by molar-refractivity contribution is -0.139. The number of anilines is 1. The molecular weight excluding hydrogens is 235 g/mol. The summed E-state index contributed by atoms with van der Waals surface area (Å²) in [6, 6.07) is 4.70. The van der Waals surface area contributed by atoms with E-state index in [1.165, 1.54) is 12.1 Å². The molecule has 0 saturated heterocycles. The minimum atomic E-state index is -0.988. The Labute approximate surface area is 105 Å². The average Bonchev–Trinajstić information content (AvgIpc) is 2.35. The van der Waals surface area contributed by atoms with Crippen molar-refractivity contribution in [2.24, 2.45) is 5.92 Å². The fraction of sp³-hybridized carbons (Fsp3) is 0.385. The normalized spacial score (nSPS) is 13.4. The van der Waals surface area contributed by atoms with Gasteiger partial charge in [-0.15, -0.1) is 0 Å². The van der Waals surface area contributed by atoms with Crippen LogP contribution in [0.15, 0.2) is 18.2 Å². The minimum absolute atomic E-state index is 0.0981. The Hall–Kier alpha value is -2.09. The molecule has 1 aromatic carbocycles. The molecule has 0 aliphatic rings. The molecule has 5 heteroatoms. The SMILES string of the molecule is CC[C@H](C)[C@H](Nc1ccc(F)cc1C#N)C(=O)O. The quantitative estimate of drug-likeness (QED) is 0.842. The monoisotopic (exact) mass is 250 g/mol. The molecule has 2 atom stereocenters. The molecule has 2 N–H and O–H groups in total. The number of halogens is 1. The van der Waals surface area contributed by atoms with Gasteiger partial charge in [-0.3, -0.25) is 0 Å². The molecule has 1 rings (SSSR count). The van der Waals surface area contributed by atoms with Crippen LogP contribution in [0.25, 0.3) is 0 Å². The average molecular weight is 250 g/mol. The molecule has 0 radical (unpaired) electrons. The summed E-state index contributed by atoms with van der Waals surface area (Å²) >= 11 is 0. The van der Waals surface area contributed by atoms with Gasteiger partial charge in [0, 0.05) is 0 Å². The van der Waals surface area contributed by atoms with Crippen LogP contribution in [-0.2, 0) is 4.79 Å². The standard InChI is InChI=1S/C13H15FN2O2/c1-3-8(2)12(13(17)18)16-11-5-4-10(14)6-9(11)7-15/h4-6,8,12,16H,3H2,1-2H3,(H,17,18)/t8-,12-/m0/s1. The Morgan fingerprint density at radius 1 is 1.61 bits per heavy atom. The molecule has 4 nitrogen and oxygen atoms in total. The van der Waals surface area contributed by atoms with Crippen LogP contribution in [0.5, 0.6) is 0 Å². The van der Waals surface area contributed by atoms with Gasteiger partial charge in [-0.05, 0) is 24.1 Å². The lowest BCUT2D eigenvalue weighted by Gasteiger charge is -2.21. The topological polar surface area (TPSA) is 73.1 Å². The molecule has 1 aromatic rings. The molecule has 0 aliphatic heterocycles. The van der Waals surface area contributed by atoms with Crippen molar-refractivity contribution in [2.75, 3.05) is 5.32 Å². The number of nitriles is 1. The van der Waals surface area contributed by atoms with Gasteiger partial charge in [-0.25, -0.2) is 9.18 Å². The molecule has 0 amide bonds. The van der Waals surface area contributed by atoms with Gasteiger partial charge in [-0.2, -0.15) is 5.26 Å². The zero-order valence-corrected chi connectivity index (χ0v) is 10.3. The molecule has 0 heterocycles. The van der Waals surface area contributed by atoms with Crippen LogP contribution in [0.3, 0.4) is 0 Å². The fourth-order valence-electron chi connectivity index (χ4n) is 1.59. The number of carboxylic acid groups (broad SMARTS) is 1. The van der Waals surface area contributed by atoms with Gasteiger partial charge in [-0.1, -0.05) is 20.3 Å². The molecule has 0 bridgehead atoms. The van der Waals surface area contributed by atoms with Crippen LogP contribution < -0.4 is 5.32 Å². The molecular formula is C13H15FN2O2. The van der Waals surface area contributed by atoms with Crippen molar-refractivity contribution < 1.29 is 14.3 Å². The van der Waals surface area contributed by atoms with E-state index in [4.69, 9.17) is 10.4 Å². The Bertz CT molecular complexity index is 482. The summed E-state index contributed by atoms with van der Waals surface area (Å²) in [5.74, 6) is -1.61. The third-order valence-electron chi connectivity index (χ3n) is 2.89. The van der Waals surface area contributed by atoms with Crippen LogP contribution in [0, 0.1) is 23.1 Å². The molecule has 0 aromatic heterocycles. The number of hydrogen-bond acceptors (Lipinski definition) is 3. The zero-order valence-electron chi connectivity index (χ0n) is 10.3. The number of hydrogen-bond donors (Lipinski definition) is 2. The largest absolute Gasteiger partial charge is 0.480 e. The number of nitrogens with zero attached hydrogens (tertiary/aromatic N) is 1. The van der Waals surface area contributed by atoms with E-state index in [-0.39, 0.29) is 11.5 Å². The van der Waals surface area contributed by atoms with E-state index in [2.05, 4.69) is 5.32 Å². The van der Waals surface area contributed by atoms with E-state index in [9.17, 15) is 9.18 Å². The Morgan fingerprint density at radius 2 is 2.28 bits per heavy atom. The van der Waals surface area contributed by atoms with Crippen LogP contribution in [0.2, 0.25) is 0 Å². The highest BCUT2D eigenvalue weighted by Crippen LogP contribution is 2.20. The highest BCUT2D eigenvalue weighted by Gasteiger charge is 2.24. The van der Waals surface area contributed by atoms with E-state index < -0.39 is 17.8 Å². The fourth-order valence-corrected chi connectivity index (χ4v) is 1.59. The summed E-state index contributed by atoms with van der Waals surface area (Å²) in [6.07, 6.45) is 0.688. The summed E-state index contributed by atoms with van der Waals surface area (Å²) in [5, 5.41) is 20.8. The Balaban J connectivity index is 3.01. The molecule has 0 spiro atoms. The molecule has 0 saturated carbocycles. The summed E-state index contributed by atoms with van der Waals surface area (Å²) in [7, 11) is 0. The first-order valence-corrected chi connectivity index (χ1v) is 5.68. The molecule has 0 aliphatic carbocycles. The van der Waals surface area contributed by atoms with Gasteiger partial charge >= 0.3 is 5.97 Å². The van der Waals surface area contributed by atoms with E-state index >= 15 is 0 Å².